The SMILES string of the molecule is Cc1cccc(CN2CCC(NC(=O)CCCc3nc(-c4cccs4)no3)CC2)c1. The Morgan fingerprint density at radius 2 is 2.13 bits per heavy atom. The summed E-state index contributed by atoms with van der Waals surface area (Å²) in [5, 5.41) is 9.20. The van der Waals surface area contributed by atoms with Gasteiger partial charge in [0.25, 0.3) is 0 Å². The van der Waals surface area contributed by atoms with Crippen LogP contribution in [0.15, 0.2) is 46.3 Å². The molecule has 1 fully saturated rings. The first-order chi connectivity index (χ1) is 14.7. The van der Waals surface area contributed by atoms with E-state index in [2.05, 4.69) is 51.5 Å². The van der Waals surface area contributed by atoms with Gasteiger partial charge in [-0.25, -0.2) is 0 Å². The maximum absolute atomic E-state index is 12.3. The number of piperidine rings is 1. The fourth-order valence-corrected chi connectivity index (χ4v) is 4.52. The van der Waals surface area contributed by atoms with Crippen LogP contribution in [0.4, 0.5) is 0 Å². The maximum atomic E-state index is 12.3. The number of hydrogen-bond donors (Lipinski definition) is 1. The minimum atomic E-state index is 0.116. The Kier molecular flexibility index (Phi) is 6.92. The molecule has 1 N–H and O–H groups in total. The molecular formula is C23H28N4O2S. The number of aromatic nitrogens is 2. The van der Waals surface area contributed by atoms with Gasteiger partial charge in [-0.2, -0.15) is 4.98 Å². The highest BCUT2D eigenvalue weighted by Gasteiger charge is 2.20. The highest BCUT2D eigenvalue weighted by atomic mass is 32.1. The number of thiophene rings is 1. The molecule has 0 unspecified atom stereocenters. The minimum absolute atomic E-state index is 0.116. The monoisotopic (exact) mass is 424 g/mol. The summed E-state index contributed by atoms with van der Waals surface area (Å²) in [7, 11) is 0. The number of nitrogens with one attached hydrogen (secondary N) is 1. The first kappa shape index (κ1) is 20.8. The van der Waals surface area contributed by atoms with Crippen molar-refractivity contribution in [2.24, 2.45) is 0 Å². The third kappa shape index (κ3) is 5.77. The van der Waals surface area contributed by atoms with Gasteiger partial charge in [0.1, 0.15) is 0 Å². The summed E-state index contributed by atoms with van der Waals surface area (Å²) in [6.45, 7) is 5.16. The van der Waals surface area contributed by atoms with Crippen molar-refractivity contribution in [2.75, 3.05) is 13.1 Å². The molecule has 1 aromatic carbocycles. The van der Waals surface area contributed by atoms with Crippen molar-refractivity contribution in [3.63, 3.8) is 0 Å². The van der Waals surface area contributed by atoms with Gasteiger partial charge < -0.3 is 9.84 Å². The number of carbonyl (C=O) groups is 1. The molecule has 158 valence electrons. The molecule has 1 aliphatic rings. The van der Waals surface area contributed by atoms with Gasteiger partial charge in [-0.15, -0.1) is 11.3 Å². The summed E-state index contributed by atoms with van der Waals surface area (Å²) in [5.41, 5.74) is 2.67. The van der Waals surface area contributed by atoms with E-state index >= 15 is 0 Å². The van der Waals surface area contributed by atoms with Gasteiger partial charge in [0.05, 0.1) is 4.88 Å². The first-order valence-corrected chi connectivity index (χ1v) is 11.5. The average Bonchev–Trinajstić information content (AvgIpc) is 3.41. The number of rotatable bonds is 8. The fourth-order valence-electron chi connectivity index (χ4n) is 3.87. The number of likely N-dealkylation sites (tertiary alicyclic amines) is 1. The van der Waals surface area contributed by atoms with Crippen molar-refractivity contribution < 1.29 is 9.32 Å². The molecule has 7 heteroatoms. The topological polar surface area (TPSA) is 71.3 Å². The molecule has 0 atom stereocenters. The second-order valence-corrected chi connectivity index (χ2v) is 8.90. The van der Waals surface area contributed by atoms with E-state index in [1.807, 2.05) is 17.5 Å². The van der Waals surface area contributed by atoms with Crippen LogP contribution >= 0.6 is 11.3 Å². The predicted molar refractivity (Wildman–Crippen MR) is 118 cm³/mol. The van der Waals surface area contributed by atoms with E-state index in [1.54, 1.807) is 11.3 Å². The molecule has 1 amide bonds. The number of carbonyl (C=O) groups excluding carboxylic acids is 1. The van der Waals surface area contributed by atoms with Gasteiger partial charge in [0.15, 0.2) is 0 Å². The molecule has 0 radical (unpaired) electrons. The molecule has 0 aliphatic carbocycles. The predicted octanol–water partition coefficient (Wildman–Crippen LogP) is 4.21. The zero-order valence-corrected chi connectivity index (χ0v) is 18.2. The molecule has 3 heterocycles. The highest BCUT2D eigenvalue weighted by molar-refractivity contribution is 7.13. The number of nitrogens with zero attached hydrogens (tertiary/aromatic N) is 3. The number of amides is 1. The van der Waals surface area contributed by atoms with E-state index < -0.39 is 0 Å². The Morgan fingerprint density at radius 3 is 2.90 bits per heavy atom. The lowest BCUT2D eigenvalue weighted by atomic mass is 10.0. The minimum Gasteiger partial charge on any atom is -0.353 e. The van der Waals surface area contributed by atoms with E-state index in [9.17, 15) is 4.79 Å². The van der Waals surface area contributed by atoms with Crippen LogP contribution in [0.2, 0.25) is 0 Å². The molecule has 3 aromatic rings. The Labute approximate surface area is 181 Å². The van der Waals surface area contributed by atoms with Crippen molar-refractivity contribution in [3.8, 4) is 10.7 Å². The second kappa shape index (κ2) is 10.00. The Bertz CT molecular complexity index is 946. The normalized spacial score (nSPS) is 15.4. The van der Waals surface area contributed by atoms with Crippen LogP contribution in [-0.2, 0) is 17.8 Å². The molecule has 0 bridgehead atoms. The van der Waals surface area contributed by atoms with E-state index in [0.717, 1.165) is 37.4 Å². The second-order valence-electron chi connectivity index (χ2n) is 7.95. The van der Waals surface area contributed by atoms with E-state index in [1.165, 1.54) is 11.1 Å². The molecule has 2 aromatic heterocycles. The fraction of sp³-hybridized carbons (Fsp3) is 0.435. The number of benzene rings is 1. The Hall–Kier alpha value is -2.51. The van der Waals surface area contributed by atoms with Gasteiger partial charge in [0.2, 0.25) is 17.6 Å². The number of aryl methyl sites for hydroxylation is 2. The largest absolute Gasteiger partial charge is 0.353 e. The van der Waals surface area contributed by atoms with Crippen LogP contribution in [-0.4, -0.2) is 40.1 Å². The third-order valence-corrected chi connectivity index (χ3v) is 6.31. The zero-order chi connectivity index (χ0) is 20.8. The van der Waals surface area contributed by atoms with Crippen LogP contribution in [0.5, 0.6) is 0 Å². The average molecular weight is 425 g/mol. The summed E-state index contributed by atoms with van der Waals surface area (Å²) >= 11 is 1.59. The lowest BCUT2D eigenvalue weighted by Crippen LogP contribution is -2.44. The van der Waals surface area contributed by atoms with E-state index in [-0.39, 0.29) is 11.9 Å². The van der Waals surface area contributed by atoms with Gasteiger partial charge >= 0.3 is 0 Å². The summed E-state index contributed by atoms with van der Waals surface area (Å²) < 4.78 is 5.30. The standard InChI is InChI=1S/C23H28N4O2S/c1-17-5-2-6-18(15-17)16-27-12-10-19(11-13-27)24-21(28)8-3-9-22-25-23(26-29-22)20-7-4-14-30-20/h2,4-7,14-15,19H,3,8-13,16H2,1H3,(H,24,28). The Morgan fingerprint density at radius 1 is 1.27 bits per heavy atom. The third-order valence-electron chi connectivity index (χ3n) is 5.45. The summed E-state index contributed by atoms with van der Waals surface area (Å²) in [6, 6.07) is 12.9. The van der Waals surface area contributed by atoms with Gasteiger partial charge in [-0.3, -0.25) is 9.69 Å². The van der Waals surface area contributed by atoms with Crippen molar-refractivity contribution in [3.05, 3.63) is 58.8 Å². The van der Waals surface area contributed by atoms with Crippen molar-refractivity contribution in [1.29, 1.82) is 0 Å². The highest BCUT2D eigenvalue weighted by Crippen LogP contribution is 2.21. The molecule has 0 saturated carbocycles. The van der Waals surface area contributed by atoms with E-state index in [4.69, 9.17) is 4.52 Å². The van der Waals surface area contributed by atoms with Crippen molar-refractivity contribution in [1.82, 2.24) is 20.4 Å². The molecule has 6 nitrogen and oxygen atoms in total. The Balaban J connectivity index is 1.14. The lowest BCUT2D eigenvalue weighted by molar-refractivity contribution is -0.122. The molecule has 1 aliphatic heterocycles. The first-order valence-electron chi connectivity index (χ1n) is 10.6. The van der Waals surface area contributed by atoms with Crippen LogP contribution in [0.25, 0.3) is 10.7 Å². The summed E-state index contributed by atoms with van der Waals surface area (Å²) in [6.07, 6.45) is 3.84. The maximum Gasteiger partial charge on any atom is 0.226 e. The molecule has 1 saturated heterocycles. The van der Waals surface area contributed by atoms with Gasteiger partial charge in [-0.1, -0.05) is 41.1 Å². The smallest absolute Gasteiger partial charge is 0.226 e. The van der Waals surface area contributed by atoms with Gasteiger partial charge in [0, 0.05) is 38.5 Å². The molecule has 4 rings (SSSR count). The van der Waals surface area contributed by atoms with E-state index in [0.29, 0.717) is 31.0 Å². The van der Waals surface area contributed by atoms with Crippen LogP contribution in [0, 0.1) is 6.92 Å². The van der Waals surface area contributed by atoms with Gasteiger partial charge in [-0.05, 0) is 43.2 Å². The summed E-state index contributed by atoms with van der Waals surface area (Å²) in [4.78, 5) is 20.2. The molecule has 30 heavy (non-hydrogen) atoms. The number of hydrogen-bond acceptors (Lipinski definition) is 6. The quantitative estimate of drug-likeness (QED) is 0.586. The van der Waals surface area contributed by atoms with Crippen LogP contribution in [0.3, 0.4) is 0 Å². The molecular weight excluding hydrogens is 396 g/mol. The lowest BCUT2D eigenvalue weighted by Gasteiger charge is -2.32. The summed E-state index contributed by atoms with van der Waals surface area (Å²) in [5.74, 6) is 1.34. The zero-order valence-electron chi connectivity index (χ0n) is 17.3. The van der Waals surface area contributed by atoms with Crippen molar-refractivity contribution >= 4 is 17.2 Å². The van der Waals surface area contributed by atoms with Crippen LogP contribution in [0.1, 0.15) is 42.7 Å². The molecule has 0 spiro atoms. The van der Waals surface area contributed by atoms with Crippen molar-refractivity contribution in [2.45, 2.75) is 51.6 Å². The van der Waals surface area contributed by atoms with Crippen LogP contribution < -0.4 is 5.32 Å².